The number of carbonyl (C=O) groups is 1. The Kier molecular flexibility index (Phi) is 7.02. The summed E-state index contributed by atoms with van der Waals surface area (Å²) in [4.78, 5) is 13.0. The molecule has 1 fully saturated rings. The van der Waals surface area contributed by atoms with Crippen LogP contribution < -0.4 is 10.6 Å². The molecule has 3 aromatic carbocycles. The van der Waals surface area contributed by atoms with Gasteiger partial charge in [-0.25, -0.2) is 18.0 Å². The molecular formula is C27H24F6N2O. The monoisotopic (exact) mass is 506 g/mol. The summed E-state index contributed by atoms with van der Waals surface area (Å²) in [6.45, 7) is 1.54. The smallest absolute Gasteiger partial charge is 0.335 e. The first kappa shape index (κ1) is 25.6. The Morgan fingerprint density at radius 3 is 2.22 bits per heavy atom. The van der Waals surface area contributed by atoms with Crippen molar-refractivity contribution in [2.24, 2.45) is 0 Å². The number of amides is 2. The summed E-state index contributed by atoms with van der Waals surface area (Å²) in [5.41, 5.74) is -2.15. The Labute approximate surface area is 204 Å². The van der Waals surface area contributed by atoms with Gasteiger partial charge in [0.2, 0.25) is 0 Å². The van der Waals surface area contributed by atoms with Gasteiger partial charge in [0.1, 0.15) is 5.82 Å². The van der Waals surface area contributed by atoms with Gasteiger partial charge >= 0.3 is 12.2 Å². The molecule has 2 N–H and O–H groups in total. The molecule has 1 aliphatic rings. The molecule has 4 rings (SSSR count). The molecule has 9 heteroatoms. The van der Waals surface area contributed by atoms with E-state index in [4.69, 9.17) is 0 Å². The quantitative estimate of drug-likeness (QED) is 0.351. The molecular weight excluding hydrogens is 482 g/mol. The van der Waals surface area contributed by atoms with Crippen molar-refractivity contribution < 1.29 is 31.1 Å². The molecule has 36 heavy (non-hydrogen) atoms. The van der Waals surface area contributed by atoms with E-state index in [1.54, 1.807) is 18.2 Å². The molecule has 0 unspecified atom stereocenters. The molecule has 1 aliphatic carbocycles. The number of urea groups is 1. The topological polar surface area (TPSA) is 41.1 Å². The van der Waals surface area contributed by atoms with Crippen molar-refractivity contribution in [1.29, 1.82) is 0 Å². The Bertz CT molecular complexity index is 1270. The van der Waals surface area contributed by atoms with Crippen molar-refractivity contribution in [3.8, 4) is 11.1 Å². The largest absolute Gasteiger partial charge is 0.416 e. The molecule has 0 bridgehead atoms. The van der Waals surface area contributed by atoms with Gasteiger partial charge < -0.3 is 10.6 Å². The Balaban J connectivity index is 1.85. The lowest BCUT2D eigenvalue weighted by Gasteiger charge is -2.34. The van der Waals surface area contributed by atoms with Crippen molar-refractivity contribution in [1.82, 2.24) is 10.6 Å². The van der Waals surface area contributed by atoms with E-state index in [1.807, 2.05) is 0 Å². The van der Waals surface area contributed by atoms with Crippen molar-refractivity contribution in [2.45, 2.75) is 50.4 Å². The van der Waals surface area contributed by atoms with Gasteiger partial charge in [-0.15, -0.1) is 0 Å². The number of rotatable bonds is 5. The highest BCUT2D eigenvalue weighted by Crippen LogP contribution is 2.39. The highest BCUT2D eigenvalue weighted by Gasteiger charge is 2.36. The van der Waals surface area contributed by atoms with Gasteiger partial charge in [0.25, 0.3) is 0 Å². The molecule has 3 aromatic rings. The second kappa shape index (κ2) is 9.87. The average molecular weight is 506 g/mol. The maximum absolute atomic E-state index is 14.3. The fourth-order valence-electron chi connectivity index (χ4n) is 4.70. The van der Waals surface area contributed by atoms with Crippen molar-refractivity contribution >= 4 is 6.03 Å². The van der Waals surface area contributed by atoms with E-state index in [1.165, 1.54) is 19.1 Å². The van der Waals surface area contributed by atoms with Crippen LogP contribution in [-0.4, -0.2) is 12.1 Å². The van der Waals surface area contributed by atoms with Crippen molar-refractivity contribution in [3.05, 3.63) is 94.8 Å². The van der Waals surface area contributed by atoms with Gasteiger partial charge in [0, 0.05) is 6.04 Å². The van der Waals surface area contributed by atoms with E-state index < -0.39 is 40.8 Å². The molecule has 0 spiro atoms. The second-order valence-corrected chi connectivity index (χ2v) is 9.11. The van der Waals surface area contributed by atoms with Crippen molar-refractivity contribution in [2.75, 3.05) is 0 Å². The number of benzene rings is 3. The minimum Gasteiger partial charge on any atom is -0.335 e. The lowest BCUT2D eigenvalue weighted by atomic mass is 9.80. The molecule has 0 heterocycles. The molecule has 0 aliphatic heterocycles. The van der Waals surface area contributed by atoms with E-state index >= 15 is 0 Å². The van der Waals surface area contributed by atoms with E-state index in [9.17, 15) is 31.1 Å². The fourth-order valence-corrected chi connectivity index (χ4v) is 4.70. The minimum atomic E-state index is -4.78. The van der Waals surface area contributed by atoms with Gasteiger partial charge in [0.15, 0.2) is 11.6 Å². The summed E-state index contributed by atoms with van der Waals surface area (Å²) in [6.07, 6.45) is -1.25. The van der Waals surface area contributed by atoms with Crippen LogP contribution >= 0.6 is 0 Å². The van der Waals surface area contributed by atoms with Gasteiger partial charge in [-0.3, -0.25) is 0 Å². The lowest BCUT2D eigenvalue weighted by Crippen LogP contribution is -2.51. The number of nitrogens with one attached hydrogen (secondary N) is 2. The fraction of sp³-hybridized carbons (Fsp3) is 0.296. The minimum absolute atomic E-state index is 0.0491. The third-order valence-corrected chi connectivity index (χ3v) is 6.55. The third kappa shape index (κ3) is 5.34. The first-order valence-electron chi connectivity index (χ1n) is 11.5. The van der Waals surface area contributed by atoms with Crippen LogP contribution in [-0.2, 0) is 11.7 Å². The first-order valence-corrected chi connectivity index (χ1v) is 11.5. The molecule has 3 nitrogen and oxygen atoms in total. The number of hydrogen-bond acceptors (Lipinski definition) is 1. The Morgan fingerprint density at radius 2 is 1.56 bits per heavy atom. The van der Waals surface area contributed by atoms with E-state index in [0.29, 0.717) is 6.07 Å². The van der Waals surface area contributed by atoms with Gasteiger partial charge in [0.05, 0.1) is 11.1 Å². The highest BCUT2D eigenvalue weighted by atomic mass is 19.4. The van der Waals surface area contributed by atoms with E-state index in [-0.39, 0.29) is 28.3 Å². The Hall–Kier alpha value is -3.49. The average Bonchev–Trinajstić information content (AvgIpc) is 3.32. The maximum Gasteiger partial charge on any atom is 0.416 e. The van der Waals surface area contributed by atoms with Crippen LogP contribution in [0.25, 0.3) is 11.1 Å². The summed E-state index contributed by atoms with van der Waals surface area (Å²) in [6, 6.07) is 10.9. The molecule has 0 saturated heterocycles. The summed E-state index contributed by atoms with van der Waals surface area (Å²) < 4.78 is 82.5. The van der Waals surface area contributed by atoms with Crippen LogP contribution in [0.3, 0.4) is 0 Å². The van der Waals surface area contributed by atoms with Crippen LogP contribution in [0.5, 0.6) is 0 Å². The molecule has 1 saturated carbocycles. The zero-order chi connectivity index (χ0) is 26.1. The SMILES string of the molecule is C[C@@](NC(=O)NC1CCCC1)(c1ccc(F)c(F)c1)c1ccccc1-c1cc(F)cc(C(F)(F)F)c1. The van der Waals surface area contributed by atoms with Gasteiger partial charge in [-0.2, -0.15) is 13.2 Å². The summed E-state index contributed by atoms with van der Waals surface area (Å²) >= 11 is 0. The normalized spacial score (nSPS) is 16.0. The van der Waals surface area contributed by atoms with Crippen molar-refractivity contribution in [3.63, 3.8) is 0 Å². The van der Waals surface area contributed by atoms with Crippen LogP contribution in [0.2, 0.25) is 0 Å². The third-order valence-electron chi connectivity index (χ3n) is 6.55. The highest BCUT2D eigenvalue weighted by molar-refractivity contribution is 5.78. The summed E-state index contributed by atoms with van der Waals surface area (Å²) in [5, 5.41) is 5.68. The molecule has 1 atom stereocenters. The van der Waals surface area contributed by atoms with Gasteiger partial charge in [-0.05, 0) is 72.4 Å². The number of hydrogen-bond donors (Lipinski definition) is 2. The van der Waals surface area contributed by atoms with Crippen LogP contribution in [0.1, 0.15) is 49.3 Å². The molecule has 0 radical (unpaired) electrons. The van der Waals surface area contributed by atoms with Crippen LogP contribution in [0.4, 0.5) is 31.1 Å². The maximum atomic E-state index is 14.3. The van der Waals surface area contributed by atoms with E-state index in [2.05, 4.69) is 10.6 Å². The summed E-state index contributed by atoms with van der Waals surface area (Å²) in [5.74, 6) is -3.33. The predicted octanol–water partition coefficient (Wildman–Crippen LogP) is 7.30. The zero-order valence-corrected chi connectivity index (χ0v) is 19.4. The van der Waals surface area contributed by atoms with Crippen LogP contribution in [0.15, 0.2) is 60.7 Å². The van der Waals surface area contributed by atoms with E-state index in [0.717, 1.165) is 49.9 Å². The molecule has 190 valence electrons. The molecule has 0 aromatic heterocycles. The molecule has 2 amide bonds. The Morgan fingerprint density at radius 1 is 0.861 bits per heavy atom. The predicted molar refractivity (Wildman–Crippen MR) is 124 cm³/mol. The number of carbonyl (C=O) groups excluding carboxylic acids is 1. The van der Waals surface area contributed by atoms with Gasteiger partial charge in [-0.1, -0.05) is 43.2 Å². The first-order chi connectivity index (χ1) is 17.0. The number of halogens is 6. The standard InChI is InChI=1S/C27H24F6N2O/c1-26(17-10-11-23(29)24(30)15-17,35-25(36)34-20-6-2-3-7-20)22-9-5-4-8-21(22)16-12-18(27(31,32)33)14-19(28)13-16/h4-5,8-15,20H,2-3,6-7H2,1H3,(H2,34,35,36)/t26-/m1/s1. The number of alkyl halides is 3. The lowest BCUT2D eigenvalue weighted by molar-refractivity contribution is -0.137. The zero-order valence-electron chi connectivity index (χ0n) is 19.4. The summed E-state index contributed by atoms with van der Waals surface area (Å²) in [7, 11) is 0. The second-order valence-electron chi connectivity index (χ2n) is 9.11. The van der Waals surface area contributed by atoms with Crippen LogP contribution in [0, 0.1) is 17.5 Å².